The van der Waals surface area contributed by atoms with Crippen LogP contribution < -0.4 is 10.2 Å². The molecule has 2 aromatic heterocycles. The summed E-state index contributed by atoms with van der Waals surface area (Å²) >= 11 is 0. The number of fused-ring (bicyclic) bond motifs is 1. The van der Waals surface area contributed by atoms with Crippen molar-refractivity contribution in [1.82, 2.24) is 20.1 Å². The van der Waals surface area contributed by atoms with Crippen LogP contribution in [0.1, 0.15) is 36.1 Å². The van der Waals surface area contributed by atoms with E-state index in [1.807, 2.05) is 43.3 Å². The maximum atomic E-state index is 12.8. The standard InChI is InChI=1S/C26H29N5O2/c1-18-6-8-21(9-7-18)30-17-20(16-24(30)32)26(33)28-14-15-31-23-5-3-2-4-22(23)25(29-31)19-10-12-27-13-11-19/h6-13,20H,2-5,14-17H2,1H3,(H,28,33). The SMILES string of the molecule is Cc1ccc(N2CC(C(=O)NCCn3nc(-c4ccncc4)c4c3CCCC4)CC2=O)cc1. The molecule has 1 N–H and O–H groups in total. The van der Waals surface area contributed by atoms with Crippen LogP contribution in [0.5, 0.6) is 0 Å². The number of hydrogen-bond acceptors (Lipinski definition) is 4. The highest BCUT2D eigenvalue weighted by molar-refractivity contribution is 6.00. The minimum absolute atomic E-state index is 0.00198. The number of aryl methyl sites for hydroxylation is 1. The first-order chi connectivity index (χ1) is 16.1. The Balaban J connectivity index is 1.22. The van der Waals surface area contributed by atoms with E-state index in [-0.39, 0.29) is 24.2 Å². The molecule has 2 aliphatic rings. The Morgan fingerprint density at radius 1 is 1.09 bits per heavy atom. The van der Waals surface area contributed by atoms with E-state index in [4.69, 9.17) is 5.10 Å². The molecule has 1 fully saturated rings. The summed E-state index contributed by atoms with van der Waals surface area (Å²) < 4.78 is 2.06. The van der Waals surface area contributed by atoms with Crippen molar-refractivity contribution in [3.63, 3.8) is 0 Å². The number of carbonyl (C=O) groups excluding carboxylic acids is 2. The fourth-order valence-corrected chi connectivity index (χ4v) is 4.88. The molecule has 0 spiro atoms. The first-order valence-electron chi connectivity index (χ1n) is 11.7. The second kappa shape index (κ2) is 9.17. The van der Waals surface area contributed by atoms with Crippen molar-refractivity contribution in [3.8, 4) is 11.3 Å². The molecule has 1 aromatic carbocycles. The van der Waals surface area contributed by atoms with Gasteiger partial charge in [0.05, 0.1) is 18.2 Å². The van der Waals surface area contributed by atoms with Gasteiger partial charge in [0.1, 0.15) is 0 Å². The van der Waals surface area contributed by atoms with Gasteiger partial charge in [0.25, 0.3) is 0 Å². The smallest absolute Gasteiger partial charge is 0.227 e. The lowest BCUT2D eigenvalue weighted by molar-refractivity contribution is -0.126. The van der Waals surface area contributed by atoms with Crippen molar-refractivity contribution >= 4 is 17.5 Å². The number of carbonyl (C=O) groups is 2. The molecule has 3 heterocycles. The lowest BCUT2D eigenvalue weighted by atomic mass is 9.94. The molecule has 1 saturated heterocycles. The summed E-state index contributed by atoms with van der Waals surface area (Å²) in [4.78, 5) is 31.1. The summed E-state index contributed by atoms with van der Waals surface area (Å²) in [5.74, 6) is -0.381. The Bertz CT molecular complexity index is 1150. The molecule has 0 bridgehead atoms. The zero-order valence-corrected chi connectivity index (χ0v) is 19.0. The van der Waals surface area contributed by atoms with Gasteiger partial charge in [-0.05, 0) is 56.9 Å². The van der Waals surface area contributed by atoms with E-state index in [0.29, 0.717) is 19.6 Å². The first kappa shape index (κ1) is 21.4. The van der Waals surface area contributed by atoms with Crippen molar-refractivity contribution in [1.29, 1.82) is 0 Å². The Kier molecular flexibility index (Phi) is 5.94. The number of nitrogens with one attached hydrogen (secondary N) is 1. The zero-order valence-electron chi connectivity index (χ0n) is 19.0. The second-order valence-corrected chi connectivity index (χ2v) is 8.97. The van der Waals surface area contributed by atoms with E-state index in [2.05, 4.69) is 15.0 Å². The summed E-state index contributed by atoms with van der Waals surface area (Å²) in [6, 6.07) is 11.9. The van der Waals surface area contributed by atoms with Gasteiger partial charge in [0.2, 0.25) is 11.8 Å². The fourth-order valence-electron chi connectivity index (χ4n) is 4.88. The molecule has 1 aliphatic heterocycles. The molecule has 3 aromatic rings. The number of benzene rings is 1. The monoisotopic (exact) mass is 443 g/mol. The summed E-state index contributed by atoms with van der Waals surface area (Å²) in [5, 5.41) is 7.94. The van der Waals surface area contributed by atoms with E-state index in [0.717, 1.165) is 35.3 Å². The fraction of sp³-hybridized carbons (Fsp3) is 0.385. The number of pyridine rings is 1. The van der Waals surface area contributed by atoms with Crippen LogP contribution in [0.25, 0.3) is 11.3 Å². The van der Waals surface area contributed by atoms with Gasteiger partial charge in [-0.1, -0.05) is 17.7 Å². The van der Waals surface area contributed by atoms with Gasteiger partial charge in [-0.15, -0.1) is 0 Å². The number of anilines is 1. The molecule has 170 valence electrons. The Morgan fingerprint density at radius 2 is 1.85 bits per heavy atom. The van der Waals surface area contributed by atoms with Gasteiger partial charge in [-0.25, -0.2) is 0 Å². The molecular formula is C26H29N5O2. The maximum absolute atomic E-state index is 12.8. The molecule has 5 rings (SSSR count). The van der Waals surface area contributed by atoms with E-state index < -0.39 is 0 Å². The van der Waals surface area contributed by atoms with Gasteiger partial charge in [-0.3, -0.25) is 19.3 Å². The molecule has 0 saturated carbocycles. The Labute approximate surface area is 193 Å². The summed E-state index contributed by atoms with van der Waals surface area (Å²) in [6.45, 7) is 3.57. The van der Waals surface area contributed by atoms with Gasteiger partial charge < -0.3 is 10.2 Å². The number of aromatic nitrogens is 3. The average Bonchev–Trinajstić information content (AvgIpc) is 3.41. The van der Waals surface area contributed by atoms with Crippen molar-refractivity contribution in [2.45, 2.75) is 45.6 Å². The van der Waals surface area contributed by atoms with E-state index in [1.54, 1.807) is 17.3 Å². The van der Waals surface area contributed by atoms with Gasteiger partial charge >= 0.3 is 0 Å². The maximum Gasteiger partial charge on any atom is 0.227 e. The van der Waals surface area contributed by atoms with Gasteiger partial charge in [-0.2, -0.15) is 5.10 Å². The van der Waals surface area contributed by atoms with Crippen molar-refractivity contribution in [2.75, 3.05) is 18.0 Å². The van der Waals surface area contributed by atoms with Crippen molar-refractivity contribution < 1.29 is 9.59 Å². The highest BCUT2D eigenvalue weighted by atomic mass is 16.2. The molecule has 1 aliphatic carbocycles. The van der Waals surface area contributed by atoms with Crippen LogP contribution in [0.4, 0.5) is 5.69 Å². The average molecular weight is 444 g/mol. The van der Waals surface area contributed by atoms with Gasteiger partial charge in [0, 0.05) is 54.4 Å². The lowest BCUT2D eigenvalue weighted by Gasteiger charge is -2.17. The molecule has 33 heavy (non-hydrogen) atoms. The van der Waals surface area contributed by atoms with Crippen LogP contribution in [0.2, 0.25) is 0 Å². The minimum Gasteiger partial charge on any atom is -0.354 e. The first-order valence-corrected chi connectivity index (χ1v) is 11.7. The molecular weight excluding hydrogens is 414 g/mol. The zero-order chi connectivity index (χ0) is 22.8. The van der Waals surface area contributed by atoms with E-state index in [9.17, 15) is 9.59 Å². The number of hydrogen-bond donors (Lipinski definition) is 1. The minimum atomic E-state index is -0.322. The Morgan fingerprint density at radius 3 is 2.64 bits per heavy atom. The van der Waals surface area contributed by atoms with Crippen molar-refractivity contribution in [2.24, 2.45) is 5.92 Å². The van der Waals surface area contributed by atoms with E-state index >= 15 is 0 Å². The molecule has 7 nitrogen and oxygen atoms in total. The normalized spacial score (nSPS) is 17.8. The summed E-state index contributed by atoms with van der Waals surface area (Å²) in [7, 11) is 0. The second-order valence-electron chi connectivity index (χ2n) is 8.97. The van der Waals surface area contributed by atoms with Crippen LogP contribution in [0, 0.1) is 12.8 Å². The van der Waals surface area contributed by atoms with E-state index in [1.165, 1.54) is 24.1 Å². The quantitative estimate of drug-likeness (QED) is 0.634. The predicted octanol–water partition coefficient (Wildman–Crippen LogP) is 3.30. The molecule has 1 unspecified atom stereocenters. The molecule has 1 atom stereocenters. The summed E-state index contributed by atoms with van der Waals surface area (Å²) in [6.07, 6.45) is 8.26. The Hall–Kier alpha value is -3.48. The topological polar surface area (TPSA) is 80.1 Å². The third-order valence-electron chi connectivity index (χ3n) is 6.67. The third-order valence-corrected chi connectivity index (χ3v) is 6.67. The highest BCUT2D eigenvalue weighted by Crippen LogP contribution is 2.31. The third kappa shape index (κ3) is 4.40. The highest BCUT2D eigenvalue weighted by Gasteiger charge is 2.35. The van der Waals surface area contributed by atoms with Crippen LogP contribution in [0.3, 0.4) is 0 Å². The number of nitrogens with zero attached hydrogens (tertiary/aromatic N) is 4. The van der Waals surface area contributed by atoms with Crippen LogP contribution >= 0.6 is 0 Å². The molecule has 7 heteroatoms. The molecule has 0 radical (unpaired) electrons. The van der Waals surface area contributed by atoms with Gasteiger partial charge in [0.15, 0.2) is 0 Å². The van der Waals surface area contributed by atoms with Crippen molar-refractivity contribution in [3.05, 3.63) is 65.6 Å². The van der Waals surface area contributed by atoms with Crippen LogP contribution in [-0.2, 0) is 29.0 Å². The predicted molar refractivity (Wildman–Crippen MR) is 127 cm³/mol. The van der Waals surface area contributed by atoms with Crippen LogP contribution in [0.15, 0.2) is 48.8 Å². The summed E-state index contributed by atoms with van der Waals surface area (Å²) in [5.41, 5.74) is 6.73. The number of amides is 2. The largest absolute Gasteiger partial charge is 0.354 e. The van der Waals surface area contributed by atoms with Crippen LogP contribution in [-0.4, -0.2) is 39.7 Å². The number of rotatable bonds is 6. The lowest BCUT2D eigenvalue weighted by Crippen LogP contribution is -2.35. The molecule has 2 amide bonds.